The van der Waals surface area contributed by atoms with Crippen LogP contribution < -0.4 is 0 Å². The van der Waals surface area contributed by atoms with Gasteiger partial charge in [-0.05, 0) is 30.5 Å². The van der Waals surface area contributed by atoms with E-state index >= 15 is 0 Å². The smallest absolute Gasteiger partial charge is 0.140 e. The lowest BCUT2D eigenvalue weighted by atomic mass is 9.56. The van der Waals surface area contributed by atoms with Crippen LogP contribution in [-0.2, 0) is 4.79 Å². The second-order valence-electron chi connectivity index (χ2n) is 4.96. The van der Waals surface area contributed by atoms with Crippen molar-refractivity contribution in [2.24, 2.45) is 5.41 Å². The molecule has 16 heavy (non-hydrogen) atoms. The first-order chi connectivity index (χ1) is 7.49. The summed E-state index contributed by atoms with van der Waals surface area (Å²) in [5.74, 6) is 0.330. The SMILES string of the molecule is CCC1(C)C(=O)CC1c1ccc(C)c(F)c1. The molecular weight excluding hydrogens is 203 g/mol. The van der Waals surface area contributed by atoms with Crippen LogP contribution in [-0.4, -0.2) is 5.78 Å². The quantitative estimate of drug-likeness (QED) is 0.744. The molecule has 2 rings (SSSR count). The Bertz CT molecular complexity index is 438. The maximum atomic E-state index is 13.5. The molecule has 0 amide bonds. The highest BCUT2D eigenvalue weighted by Crippen LogP contribution is 2.51. The Kier molecular flexibility index (Phi) is 2.61. The fourth-order valence-electron chi connectivity index (χ4n) is 2.46. The van der Waals surface area contributed by atoms with E-state index in [1.807, 2.05) is 19.9 Å². The first kappa shape index (κ1) is 11.3. The van der Waals surface area contributed by atoms with Gasteiger partial charge in [0.25, 0.3) is 0 Å². The van der Waals surface area contributed by atoms with Crippen LogP contribution in [0.4, 0.5) is 4.39 Å². The fourth-order valence-corrected chi connectivity index (χ4v) is 2.46. The molecule has 0 radical (unpaired) electrons. The van der Waals surface area contributed by atoms with E-state index in [2.05, 4.69) is 0 Å². The molecule has 2 heteroatoms. The van der Waals surface area contributed by atoms with E-state index in [1.165, 1.54) is 0 Å². The normalized spacial score (nSPS) is 29.0. The van der Waals surface area contributed by atoms with Gasteiger partial charge >= 0.3 is 0 Å². The second-order valence-corrected chi connectivity index (χ2v) is 4.96. The van der Waals surface area contributed by atoms with Crippen molar-refractivity contribution in [2.75, 3.05) is 0 Å². The highest BCUT2D eigenvalue weighted by atomic mass is 19.1. The van der Waals surface area contributed by atoms with Crippen molar-refractivity contribution < 1.29 is 9.18 Å². The van der Waals surface area contributed by atoms with Crippen LogP contribution in [0.25, 0.3) is 0 Å². The van der Waals surface area contributed by atoms with E-state index in [9.17, 15) is 9.18 Å². The molecule has 0 bridgehead atoms. The number of hydrogen-bond donors (Lipinski definition) is 0. The summed E-state index contributed by atoms with van der Waals surface area (Å²) in [6.07, 6.45) is 1.39. The zero-order valence-corrected chi connectivity index (χ0v) is 10.0. The van der Waals surface area contributed by atoms with Crippen molar-refractivity contribution in [2.45, 2.75) is 39.5 Å². The first-order valence-electron chi connectivity index (χ1n) is 5.78. The first-order valence-corrected chi connectivity index (χ1v) is 5.78. The third kappa shape index (κ3) is 1.48. The summed E-state index contributed by atoms with van der Waals surface area (Å²) in [7, 11) is 0. The van der Waals surface area contributed by atoms with Gasteiger partial charge in [-0.1, -0.05) is 26.0 Å². The van der Waals surface area contributed by atoms with Crippen molar-refractivity contribution >= 4 is 5.78 Å². The molecule has 0 N–H and O–H groups in total. The molecule has 0 heterocycles. The van der Waals surface area contributed by atoms with Gasteiger partial charge in [0.2, 0.25) is 0 Å². The number of halogens is 1. The largest absolute Gasteiger partial charge is 0.299 e. The number of carbonyl (C=O) groups is 1. The average Bonchev–Trinajstić information content (AvgIpc) is 2.28. The van der Waals surface area contributed by atoms with Crippen molar-refractivity contribution in [1.82, 2.24) is 0 Å². The topological polar surface area (TPSA) is 17.1 Å². The highest BCUT2D eigenvalue weighted by Gasteiger charge is 2.50. The maximum absolute atomic E-state index is 13.5. The zero-order valence-electron chi connectivity index (χ0n) is 10.0. The molecule has 1 aliphatic carbocycles. The summed E-state index contributed by atoms with van der Waals surface area (Å²) < 4.78 is 13.5. The van der Waals surface area contributed by atoms with Crippen LogP contribution in [0.5, 0.6) is 0 Å². The molecule has 1 nitrogen and oxygen atoms in total. The number of rotatable bonds is 2. The summed E-state index contributed by atoms with van der Waals surface area (Å²) >= 11 is 0. The molecule has 0 saturated heterocycles. The monoisotopic (exact) mass is 220 g/mol. The van der Waals surface area contributed by atoms with E-state index in [0.29, 0.717) is 17.8 Å². The third-order valence-corrected chi connectivity index (χ3v) is 4.13. The van der Waals surface area contributed by atoms with Crippen LogP contribution in [0, 0.1) is 18.2 Å². The lowest BCUT2D eigenvalue weighted by Crippen LogP contribution is -2.45. The predicted octanol–water partition coefficient (Wildman–Crippen LogP) is 3.61. The van der Waals surface area contributed by atoms with Crippen LogP contribution in [0.15, 0.2) is 18.2 Å². The lowest BCUT2D eigenvalue weighted by Gasteiger charge is -2.45. The van der Waals surface area contributed by atoms with Crippen molar-refractivity contribution in [3.8, 4) is 0 Å². The molecule has 0 spiro atoms. The fraction of sp³-hybridized carbons (Fsp3) is 0.500. The summed E-state index contributed by atoms with van der Waals surface area (Å²) in [6, 6.07) is 5.33. The Morgan fingerprint density at radius 3 is 2.69 bits per heavy atom. The minimum atomic E-state index is -0.276. The van der Waals surface area contributed by atoms with Crippen LogP contribution in [0.1, 0.15) is 43.7 Å². The summed E-state index contributed by atoms with van der Waals surface area (Å²) in [6.45, 7) is 5.76. The zero-order chi connectivity index (χ0) is 11.9. The van der Waals surface area contributed by atoms with Crippen LogP contribution >= 0.6 is 0 Å². The molecule has 1 saturated carbocycles. The average molecular weight is 220 g/mol. The van der Waals surface area contributed by atoms with E-state index in [1.54, 1.807) is 19.1 Å². The van der Waals surface area contributed by atoms with Gasteiger partial charge in [0.1, 0.15) is 11.6 Å². The van der Waals surface area contributed by atoms with Crippen LogP contribution in [0.2, 0.25) is 0 Å². The number of ketones is 1. The minimum absolute atomic E-state index is 0.171. The Balaban J connectivity index is 2.33. The van der Waals surface area contributed by atoms with Gasteiger partial charge in [-0.2, -0.15) is 0 Å². The van der Waals surface area contributed by atoms with Crippen molar-refractivity contribution in [3.05, 3.63) is 35.1 Å². The van der Waals surface area contributed by atoms with Gasteiger partial charge in [-0.3, -0.25) is 4.79 Å². The second kappa shape index (κ2) is 3.69. The van der Waals surface area contributed by atoms with Gasteiger partial charge < -0.3 is 0 Å². The Labute approximate surface area is 95.7 Å². The predicted molar refractivity (Wildman–Crippen MR) is 61.9 cm³/mol. The Hall–Kier alpha value is -1.18. The molecule has 1 aromatic rings. The molecule has 1 aromatic carbocycles. The van der Waals surface area contributed by atoms with Gasteiger partial charge in [-0.25, -0.2) is 4.39 Å². The van der Waals surface area contributed by atoms with Gasteiger partial charge in [0.15, 0.2) is 0 Å². The molecule has 0 aromatic heterocycles. The molecule has 2 unspecified atom stereocenters. The summed E-state index contributed by atoms with van der Waals surface area (Å²) in [4.78, 5) is 11.6. The van der Waals surface area contributed by atoms with E-state index < -0.39 is 0 Å². The van der Waals surface area contributed by atoms with E-state index in [-0.39, 0.29) is 17.2 Å². The standard InChI is InChI=1S/C14H17FO/c1-4-14(3)11(8-13(14)16)10-6-5-9(2)12(15)7-10/h5-7,11H,4,8H2,1-3H3. The van der Waals surface area contributed by atoms with Crippen molar-refractivity contribution in [1.29, 1.82) is 0 Å². The number of benzene rings is 1. The van der Waals surface area contributed by atoms with Gasteiger partial charge in [0, 0.05) is 17.8 Å². The maximum Gasteiger partial charge on any atom is 0.140 e. The van der Waals surface area contributed by atoms with E-state index in [4.69, 9.17) is 0 Å². The van der Waals surface area contributed by atoms with Crippen molar-refractivity contribution in [3.63, 3.8) is 0 Å². The molecule has 1 aliphatic rings. The minimum Gasteiger partial charge on any atom is -0.299 e. The lowest BCUT2D eigenvalue weighted by molar-refractivity contribution is -0.139. The number of hydrogen-bond acceptors (Lipinski definition) is 1. The van der Waals surface area contributed by atoms with Gasteiger partial charge in [0.05, 0.1) is 0 Å². The third-order valence-electron chi connectivity index (χ3n) is 4.13. The summed E-state index contributed by atoms with van der Waals surface area (Å²) in [5.41, 5.74) is 1.35. The highest BCUT2D eigenvalue weighted by molar-refractivity contribution is 5.93. The molecule has 2 atom stereocenters. The van der Waals surface area contributed by atoms with Crippen LogP contribution in [0.3, 0.4) is 0 Å². The van der Waals surface area contributed by atoms with Gasteiger partial charge in [-0.15, -0.1) is 0 Å². The number of aryl methyl sites for hydroxylation is 1. The Morgan fingerprint density at radius 2 is 2.19 bits per heavy atom. The molecule has 1 fully saturated rings. The number of carbonyl (C=O) groups excluding carboxylic acids is 1. The number of Topliss-reactive ketones (excluding diaryl/α,β-unsaturated/α-hetero) is 1. The Morgan fingerprint density at radius 1 is 1.50 bits per heavy atom. The molecule has 86 valence electrons. The van der Waals surface area contributed by atoms with E-state index in [0.717, 1.165) is 12.0 Å². The summed E-state index contributed by atoms with van der Waals surface area (Å²) in [5, 5.41) is 0. The molecular formula is C14H17FO. The molecule has 0 aliphatic heterocycles.